The molecule has 0 aromatic rings. The number of guanidine groups is 1. The van der Waals surface area contributed by atoms with E-state index in [1.165, 1.54) is 32.1 Å². The lowest BCUT2D eigenvalue weighted by Crippen LogP contribution is -2.56. The molecule has 0 spiro atoms. The molecule has 2 rings (SSSR count). The van der Waals surface area contributed by atoms with Crippen LogP contribution in [0.2, 0.25) is 0 Å². The summed E-state index contributed by atoms with van der Waals surface area (Å²) < 4.78 is 5.50. The van der Waals surface area contributed by atoms with Gasteiger partial charge in [-0.1, -0.05) is 26.2 Å². The molecule has 5 nitrogen and oxygen atoms in total. The monoisotopic (exact) mass is 282 g/mol. The highest BCUT2D eigenvalue weighted by Gasteiger charge is 2.38. The summed E-state index contributed by atoms with van der Waals surface area (Å²) in [6.45, 7) is 7.66. The Morgan fingerprint density at radius 1 is 1.25 bits per heavy atom. The van der Waals surface area contributed by atoms with Crippen LogP contribution in [0.4, 0.5) is 0 Å². The van der Waals surface area contributed by atoms with Gasteiger partial charge < -0.3 is 15.8 Å². The maximum atomic E-state index is 5.96. The fraction of sp³-hybridized carbons (Fsp3) is 0.933. The minimum absolute atomic E-state index is 0.223. The van der Waals surface area contributed by atoms with E-state index in [1.54, 1.807) is 0 Å². The quantitative estimate of drug-likeness (QED) is 0.590. The first kappa shape index (κ1) is 15.6. The summed E-state index contributed by atoms with van der Waals surface area (Å²) in [5.74, 6) is 0.602. The zero-order chi connectivity index (χ0) is 14.3. The highest BCUT2D eigenvalue weighted by Crippen LogP contribution is 2.34. The molecule has 0 radical (unpaired) electrons. The van der Waals surface area contributed by atoms with Gasteiger partial charge in [0.1, 0.15) is 0 Å². The van der Waals surface area contributed by atoms with E-state index in [9.17, 15) is 0 Å². The predicted octanol–water partition coefficient (Wildman–Crippen LogP) is 1.34. The third kappa shape index (κ3) is 4.09. The molecule has 1 heterocycles. The minimum atomic E-state index is 0.223. The van der Waals surface area contributed by atoms with E-state index in [4.69, 9.17) is 10.5 Å². The summed E-state index contributed by atoms with van der Waals surface area (Å²) in [5, 5.41) is 3.18. The third-order valence-corrected chi connectivity index (χ3v) is 4.57. The average molecular weight is 282 g/mol. The third-order valence-electron chi connectivity index (χ3n) is 4.57. The molecule has 1 aliphatic heterocycles. The van der Waals surface area contributed by atoms with E-state index in [1.807, 2.05) is 0 Å². The van der Waals surface area contributed by atoms with Crippen LogP contribution in [0.5, 0.6) is 0 Å². The van der Waals surface area contributed by atoms with Crippen molar-refractivity contribution in [2.24, 2.45) is 10.7 Å². The van der Waals surface area contributed by atoms with Crippen molar-refractivity contribution in [3.8, 4) is 0 Å². The molecule has 1 saturated carbocycles. The summed E-state index contributed by atoms with van der Waals surface area (Å²) in [4.78, 5) is 7.24. The van der Waals surface area contributed by atoms with Crippen LogP contribution >= 0.6 is 0 Å². The summed E-state index contributed by atoms with van der Waals surface area (Å²) in [5.41, 5.74) is 6.18. The molecule has 5 heteroatoms. The van der Waals surface area contributed by atoms with Crippen molar-refractivity contribution in [2.75, 3.05) is 39.4 Å². The van der Waals surface area contributed by atoms with Crippen molar-refractivity contribution >= 4 is 5.96 Å². The van der Waals surface area contributed by atoms with Crippen LogP contribution in [0.1, 0.15) is 45.4 Å². The summed E-state index contributed by atoms with van der Waals surface area (Å²) >= 11 is 0. The van der Waals surface area contributed by atoms with Crippen LogP contribution in [-0.2, 0) is 4.74 Å². The van der Waals surface area contributed by atoms with Crippen molar-refractivity contribution in [1.82, 2.24) is 10.2 Å². The van der Waals surface area contributed by atoms with Gasteiger partial charge in [0.25, 0.3) is 0 Å². The fourth-order valence-electron chi connectivity index (χ4n) is 3.36. The van der Waals surface area contributed by atoms with Crippen LogP contribution < -0.4 is 11.1 Å². The Bertz CT molecular complexity index is 307. The van der Waals surface area contributed by atoms with Crippen LogP contribution in [-0.4, -0.2) is 55.8 Å². The van der Waals surface area contributed by atoms with Crippen LogP contribution in [0, 0.1) is 0 Å². The van der Waals surface area contributed by atoms with E-state index < -0.39 is 0 Å². The highest BCUT2D eigenvalue weighted by atomic mass is 16.5. The van der Waals surface area contributed by atoms with Crippen molar-refractivity contribution in [1.29, 1.82) is 0 Å². The van der Waals surface area contributed by atoms with Gasteiger partial charge in [0.05, 0.1) is 19.8 Å². The number of aliphatic imine (C=N–C) groups is 1. The number of hydrogen-bond acceptors (Lipinski definition) is 3. The Labute approximate surface area is 122 Å². The van der Waals surface area contributed by atoms with Gasteiger partial charge in [0, 0.05) is 25.2 Å². The molecular weight excluding hydrogens is 252 g/mol. The molecule has 20 heavy (non-hydrogen) atoms. The van der Waals surface area contributed by atoms with Crippen LogP contribution in [0.3, 0.4) is 0 Å². The van der Waals surface area contributed by atoms with E-state index >= 15 is 0 Å². The van der Waals surface area contributed by atoms with Gasteiger partial charge in [0.2, 0.25) is 0 Å². The van der Waals surface area contributed by atoms with E-state index in [0.717, 1.165) is 45.8 Å². The maximum Gasteiger partial charge on any atom is 0.188 e. The molecule has 2 fully saturated rings. The van der Waals surface area contributed by atoms with Crippen molar-refractivity contribution < 1.29 is 4.74 Å². The van der Waals surface area contributed by atoms with Gasteiger partial charge in [-0.25, -0.2) is 0 Å². The second-order valence-electron chi connectivity index (χ2n) is 6.01. The second-order valence-corrected chi connectivity index (χ2v) is 6.01. The number of ether oxygens (including phenoxy) is 1. The topological polar surface area (TPSA) is 62.9 Å². The minimum Gasteiger partial charge on any atom is -0.379 e. The smallest absolute Gasteiger partial charge is 0.188 e. The molecule has 2 aliphatic rings. The van der Waals surface area contributed by atoms with Crippen molar-refractivity contribution in [3.05, 3.63) is 0 Å². The van der Waals surface area contributed by atoms with E-state index in [0.29, 0.717) is 5.96 Å². The fourth-order valence-corrected chi connectivity index (χ4v) is 3.36. The lowest BCUT2D eigenvalue weighted by atomic mass is 9.80. The summed E-state index contributed by atoms with van der Waals surface area (Å²) in [6, 6.07) is 0. The van der Waals surface area contributed by atoms with Gasteiger partial charge in [0.15, 0.2) is 5.96 Å². The molecule has 0 aromatic heterocycles. The standard InChI is InChI=1S/C15H30N4O/c1-2-8-17-14(16)18-13-15(6-4-3-5-7-15)19-9-11-20-12-10-19/h2-13H2,1H3,(H3,16,17,18). The van der Waals surface area contributed by atoms with Crippen molar-refractivity contribution in [3.63, 3.8) is 0 Å². The Morgan fingerprint density at radius 2 is 1.95 bits per heavy atom. The first-order valence-corrected chi connectivity index (χ1v) is 8.13. The van der Waals surface area contributed by atoms with E-state index in [2.05, 4.69) is 22.1 Å². The predicted molar refractivity (Wildman–Crippen MR) is 83.0 cm³/mol. The zero-order valence-electron chi connectivity index (χ0n) is 12.9. The van der Waals surface area contributed by atoms with E-state index in [-0.39, 0.29) is 5.54 Å². The number of nitrogens with two attached hydrogens (primary N) is 1. The number of nitrogens with one attached hydrogen (secondary N) is 1. The molecule has 1 saturated heterocycles. The maximum absolute atomic E-state index is 5.96. The average Bonchev–Trinajstić information content (AvgIpc) is 2.52. The van der Waals surface area contributed by atoms with Gasteiger partial charge in [-0.2, -0.15) is 0 Å². The van der Waals surface area contributed by atoms with Gasteiger partial charge in [-0.3, -0.25) is 9.89 Å². The number of rotatable bonds is 5. The zero-order valence-corrected chi connectivity index (χ0v) is 12.9. The second kappa shape index (κ2) is 7.84. The summed E-state index contributed by atoms with van der Waals surface area (Å²) in [7, 11) is 0. The molecule has 0 amide bonds. The van der Waals surface area contributed by atoms with Crippen LogP contribution in [0.25, 0.3) is 0 Å². The first-order chi connectivity index (χ1) is 9.77. The molecule has 0 bridgehead atoms. The largest absolute Gasteiger partial charge is 0.379 e. The number of hydrogen-bond donors (Lipinski definition) is 2. The highest BCUT2D eigenvalue weighted by molar-refractivity contribution is 5.77. The molecule has 1 aliphatic carbocycles. The van der Waals surface area contributed by atoms with Crippen LogP contribution in [0.15, 0.2) is 4.99 Å². The Morgan fingerprint density at radius 3 is 2.60 bits per heavy atom. The molecule has 0 atom stereocenters. The van der Waals surface area contributed by atoms with Gasteiger partial charge in [-0.15, -0.1) is 0 Å². The molecular formula is C15H30N4O. The Kier molecular flexibility index (Phi) is 6.10. The van der Waals surface area contributed by atoms with Gasteiger partial charge >= 0.3 is 0 Å². The normalized spacial score (nSPS) is 24.6. The lowest BCUT2D eigenvalue weighted by Gasteiger charge is -2.47. The van der Waals surface area contributed by atoms with Crippen molar-refractivity contribution in [2.45, 2.75) is 51.0 Å². The Balaban J connectivity index is 1.98. The van der Waals surface area contributed by atoms with Gasteiger partial charge in [-0.05, 0) is 19.3 Å². The first-order valence-electron chi connectivity index (χ1n) is 8.13. The SMILES string of the molecule is CCCNC(N)=NCC1(N2CCOCC2)CCCCC1. The molecule has 0 aromatic carbocycles. The molecule has 0 unspecified atom stereocenters. The lowest BCUT2D eigenvalue weighted by molar-refractivity contribution is -0.0333. The summed E-state index contributed by atoms with van der Waals surface area (Å²) in [6.07, 6.45) is 7.56. The molecule has 116 valence electrons. The Hall–Kier alpha value is -0.810. The number of morpholine rings is 1. The number of nitrogens with zero attached hydrogens (tertiary/aromatic N) is 2. The molecule has 3 N–H and O–H groups in total.